The van der Waals surface area contributed by atoms with Crippen molar-refractivity contribution in [3.63, 3.8) is 0 Å². The number of sulfone groups is 1. The number of aliphatic carboxylic acids is 1. The summed E-state index contributed by atoms with van der Waals surface area (Å²) in [6, 6.07) is 4.27. The van der Waals surface area contributed by atoms with Crippen LogP contribution in [0.25, 0.3) is 0 Å². The van der Waals surface area contributed by atoms with Crippen LogP contribution in [0.15, 0.2) is 23.1 Å². The Morgan fingerprint density at radius 1 is 1.24 bits per heavy atom. The number of primary amides is 1. The first-order valence-electron chi connectivity index (χ1n) is 12.1. The van der Waals surface area contributed by atoms with Gasteiger partial charge in [-0.1, -0.05) is 11.6 Å². The summed E-state index contributed by atoms with van der Waals surface area (Å²) in [5.74, 6) is -10.7. The van der Waals surface area contributed by atoms with Crippen LogP contribution < -0.4 is 10.5 Å². The van der Waals surface area contributed by atoms with Crippen molar-refractivity contribution in [2.75, 3.05) is 19.7 Å². The van der Waals surface area contributed by atoms with Crippen LogP contribution in [0.2, 0.25) is 5.02 Å². The van der Waals surface area contributed by atoms with Gasteiger partial charge in [-0.15, -0.1) is 0 Å². The summed E-state index contributed by atoms with van der Waals surface area (Å²) >= 11 is 6.07. The number of rotatable bonds is 8. The summed E-state index contributed by atoms with van der Waals surface area (Å²) in [5.41, 5.74) is 1.02. The van der Waals surface area contributed by atoms with Gasteiger partial charge in [0.2, 0.25) is 11.8 Å². The average Bonchev–Trinajstić information content (AvgIpc) is 3.31. The van der Waals surface area contributed by atoms with E-state index in [4.69, 9.17) is 17.3 Å². The zero-order valence-electron chi connectivity index (χ0n) is 21.0. The van der Waals surface area contributed by atoms with Crippen molar-refractivity contribution in [2.24, 2.45) is 28.4 Å². The molecule has 4 rings (SSSR count). The number of benzene rings is 1. The number of carboxylic acid groups (broad SMARTS) is 1. The third-order valence-corrected chi connectivity index (χ3v) is 10.8. The van der Waals surface area contributed by atoms with Crippen molar-refractivity contribution >= 4 is 39.2 Å². The molecule has 0 aromatic heterocycles. The lowest BCUT2D eigenvalue weighted by molar-refractivity contribution is -0.160. The fourth-order valence-electron chi connectivity index (χ4n) is 6.03. The Balaban J connectivity index is 1.74. The minimum absolute atomic E-state index is 0.385. The maximum atomic E-state index is 13.9. The van der Waals surface area contributed by atoms with Gasteiger partial charge < -0.3 is 20.5 Å². The molecule has 3 aliphatic rings. The predicted octanol–water partition coefficient (Wildman–Crippen LogP) is 2.79. The number of nitrogens with two attached hydrogens (primary N) is 1. The smallest absolute Gasteiger partial charge is 0.422 e. The molecule has 10 nitrogen and oxygen atoms in total. The van der Waals surface area contributed by atoms with Crippen molar-refractivity contribution in [3.8, 4) is 11.8 Å². The van der Waals surface area contributed by atoms with E-state index in [-0.39, 0.29) is 6.42 Å². The summed E-state index contributed by atoms with van der Waals surface area (Å²) in [6.07, 6.45) is -7.22. The molecule has 0 spiro atoms. The van der Waals surface area contributed by atoms with Gasteiger partial charge in [0.15, 0.2) is 16.4 Å². The fourth-order valence-corrected chi connectivity index (χ4v) is 8.41. The number of carbonyl (C=O) groups excluding carboxylic acids is 2. The summed E-state index contributed by atoms with van der Waals surface area (Å²) in [4.78, 5) is 38.7. The normalized spacial score (nSPS) is 31.0. The van der Waals surface area contributed by atoms with Crippen molar-refractivity contribution < 1.29 is 54.6 Å². The molecule has 2 amide bonds. The highest BCUT2D eigenvalue weighted by molar-refractivity contribution is 7.92. The number of halogens is 6. The molecule has 2 unspecified atom stereocenters. The number of nitriles is 1. The van der Waals surface area contributed by atoms with E-state index in [0.717, 1.165) is 23.1 Å². The molecule has 1 heterocycles. The molecule has 1 saturated heterocycles. The fraction of sp³-hybridized carbons (Fsp3) is 0.583. The van der Waals surface area contributed by atoms with E-state index >= 15 is 0 Å². The molecule has 224 valence electrons. The molecular formula is C24H23ClF5N3O7S. The monoisotopic (exact) mass is 627 g/mol. The lowest BCUT2D eigenvalue weighted by Crippen LogP contribution is -2.48. The van der Waals surface area contributed by atoms with Gasteiger partial charge >= 0.3 is 12.1 Å². The molecule has 2 saturated carbocycles. The molecule has 3 fully saturated rings. The molecule has 0 bridgehead atoms. The molecular weight excluding hydrogens is 605 g/mol. The SMILES string of the molecule is N#CC1(C(N)=O)CC1[C@]1(C(=O)O)C[C@H](S(=O)(=O)c2ccc(OCC(F)(F)F)cc2Cl)C[C@H]1C(=O)N1CCC(F)(F)C1. The Labute approximate surface area is 235 Å². The van der Waals surface area contributed by atoms with E-state index in [1.807, 2.05) is 0 Å². The third-order valence-electron chi connectivity index (χ3n) is 8.14. The van der Waals surface area contributed by atoms with Crippen molar-refractivity contribution in [1.29, 1.82) is 5.26 Å². The van der Waals surface area contributed by atoms with Gasteiger partial charge in [-0.05, 0) is 31.4 Å². The number of carbonyl (C=O) groups is 3. The molecule has 1 aromatic rings. The summed E-state index contributed by atoms with van der Waals surface area (Å²) in [7, 11) is -4.61. The first-order chi connectivity index (χ1) is 18.8. The van der Waals surface area contributed by atoms with Crippen molar-refractivity contribution in [3.05, 3.63) is 23.2 Å². The Morgan fingerprint density at radius 2 is 1.90 bits per heavy atom. The van der Waals surface area contributed by atoms with Crippen LogP contribution >= 0.6 is 11.6 Å². The second-order valence-electron chi connectivity index (χ2n) is 10.6. The maximum absolute atomic E-state index is 13.9. The lowest BCUT2D eigenvalue weighted by atomic mass is 9.70. The largest absolute Gasteiger partial charge is 0.484 e. The van der Waals surface area contributed by atoms with Gasteiger partial charge in [-0.3, -0.25) is 14.4 Å². The highest BCUT2D eigenvalue weighted by Crippen LogP contribution is 2.68. The van der Waals surface area contributed by atoms with Crippen LogP contribution in [0.3, 0.4) is 0 Å². The first kappa shape index (κ1) is 30.8. The molecule has 1 aromatic carbocycles. The van der Waals surface area contributed by atoms with E-state index in [2.05, 4.69) is 4.74 Å². The number of hydrogen-bond acceptors (Lipinski definition) is 7. The van der Waals surface area contributed by atoms with E-state index in [0.29, 0.717) is 0 Å². The number of likely N-dealkylation sites (tertiary alicyclic amines) is 1. The van der Waals surface area contributed by atoms with Crippen molar-refractivity contribution in [2.45, 2.75) is 47.9 Å². The molecule has 5 atom stereocenters. The Bertz CT molecular complexity index is 1450. The standard InChI is InChI=1S/C24H23ClF5N3O7S/c25-15-5-12(40-11-24(28,29)30)1-2-16(15)41(38,39)13-6-14(18(34)33-4-3-22(26,27)10-33)23(7-13,20(36)37)17-8-21(17,9-31)19(32)35/h1-2,5,13-14,17H,3-4,6-8,10-11H2,(H2,32,35)(H,36,37)/t13-,14+,17?,21?,23+/m1/s1. The maximum Gasteiger partial charge on any atom is 0.422 e. The highest BCUT2D eigenvalue weighted by atomic mass is 35.5. The Hall–Kier alpha value is -3.19. The van der Waals surface area contributed by atoms with Gasteiger partial charge in [0.1, 0.15) is 11.2 Å². The van der Waals surface area contributed by atoms with Crippen LogP contribution in [0.4, 0.5) is 22.0 Å². The van der Waals surface area contributed by atoms with E-state index < -0.39 is 122 Å². The zero-order valence-corrected chi connectivity index (χ0v) is 22.5. The van der Waals surface area contributed by atoms with Crippen LogP contribution in [-0.4, -0.2) is 73.3 Å². The molecule has 1 aliphatic heterocycles. The third kappa shape index (κ3) is 5.29. The second-order valence-corrected chi connectivity index (χ2v) is 13.2. The molecule has 41 heavy (non-hydrogen) atoms. The molecule has 2 aliphatic carbocycles. The van der Waals surface area contributed by atoms with Crippen LogP contribution in [0.1, 0.15) is 25.7 Å². The Morgan fingerprint density at radius 3 is 2.37 bits per heavy atom. The van der Waals surface area contributed by atoms with Crippen LogP contribution in [0, 0.1) is 34.0 Å². The van der Waals surface area contributed by atoms with Gasteiger partial charge in [0.25, 0.3) is 5.92 Å². The van der Waals surface area contributed by atoms with E-state index in [9.17, 15) is 55.1 Å². The lowest BCUT2D eigenvalue weighted by Gasteiger charge is -2.34. The van der Waals surface area contributed by atoms with E-state index in [1.165, 1.54) is 0 Å². The minimum Gasteiger partial charge on any atom is -0.484 e. The average molecular weight is 628 g/mol. The summed E-state index contributed by atoms with van der Waals surface area (Å²) < 4.78 is 97.3. The summed E-state index contributed by atoms with van der Waals surface area (Å²) in [5, 5.41) is 17.9. The van der Waals surface area contributed by atoms with Crippen molar-refractivity contribution in [1.82, 2.24) is 4.90 Å². The molecule has 17 heteroatoms. The highest BCUT2D eigenvalue weighted by Gasteiger charge is 2.76. The van der Waals surface area contributed by atoms with Gasteiger partial charge in [0.05, 0.1) is 39.1 Å². The predicted molar refractivity (Wildman–Crippen MR) is 128 cm³/mol. The van der Waals surface area contributed by atoms with Gasteiger partial charge in [-0.25, -0.2) is 17.2 Å². The molecule has 0 radical (unpaired) electrons. The summed E-state index contributed by atoms with van der Waals surface area (Å²) in [6.45, 7) is -3.13. The zero-order chi connectivity index (χ0) is 30.8. The van der Waals surface area contributed by atoms with E-state index in [1.54, 1.807) is 6.07 Å². The van der Waals surface area contributed by atoms with Gasteiger partial charge in [-0.2, -0.15) is 18.4 Å². The second kappa shape index (κ2) is 9.97. The number of amides is 2. The topological polar surface area (TPSA) is 168 Å². The number of nitrogens with zero attached hydrogens (tertiary/aromatic N) is 2. The van der Waals surface area contributed by atoms with Crippen LogP contribution in [0.5, 0.6) is 5.75 Å². The molecule has 3 N–H and O–H groups in total. The minimum atomic E-state index is -4.69. The Kier molecular flexibility index (Phi) is 7.48. The number of carboxylic acids is 1. The number of ether oxygens (including phenoxy) is 1. The number of alkyl halides is 5. The number of hydrogen-bond donors (Lipinski definition) is 2. The first-order valence-corrected chi connectivity index (χ1v) is 14.1. The quantitative estimate of drug-likeness (QED) is 0.415. The van der Waals surface area contributed by atoms with Gasteiger partial charge in [0, 0.05) is 24.9 Å². The van der Waals surface area contributed by atoms with Crippen LogP contribution in [-0.2, 0) is 24.2 Å².